The van der Waals surface area contributed by atoms with Gasteiger partial charge >= 0.3 is 0 Å². The molecule has 0 saturated heterocycles. The molecule has 0 saturated carbocycles. The van der Waals surface area contributed by atoms with Crippen LogP contribution in [0.15, 0.2) is 164 Å². The summed E-state index contributed by atoms with van der Waals surface area (Å²) in [5, 5.41) is 15.2. The van der Waals surface area contributed by atoms with Gasteiger partial charge in [-0.2, -0.15) is 5.26 Å². The number of nitrogens with zero attached hydrogens (tertiary/aromatic N) is 3. The molecule has 9 rings (SSSR count). The Balaban J connectivity index is 1.31. The van der Waals surface area contributed by atoms with Crippen molar-refractivity contribution >= 4 is 43.6 Å². The molecule has 0 aliphatic heterocycles. The molecule has 0 bridgehead atoms. The van der Waals surface area contributed by atoms with Gasteiger partial charge in [-0.05, 0) is 65.2 Å². The molecule has 9 aromatic rings. The third kappa shape index (κ3) is 3.84. The molecule has 0 aliphatic carbocycles. The molecular weight excluding hydrogens is 558 g/mol. The fourth-order valence-corrected chi connectivity index (χ4v) is 7.22. The van der Waals surface area contributed by atoms with Gasteiger partial charge in [0.1, 0.15) is 6.07 Å². The molecule has 0 N–H and O–H groups in total. The van der Waals surface area contributed by atoms with Gasteiger partial charge < -0.3 is 9.13 Å². The zero-order chi connectivity index (χ0) is 30.6. The summed E-state index contributed by atoms with van der Waals surface area (Å²) in [6, 6.07) is 60.1. The summed E-state index contributed by atoms with van der Waals surface area (Å²) in [5.41, 5.74) is 11.6. The Morgan fingerprint density at radius 3 is 1.59 bits per heavy atom. The molecule has 0 fully saturated rings. The van der Waals surface area contributed by atoms with Gasteiger partial charge in [0.2, 0.25) is 0 Å². The third-order valence-electron chi connectivity index (χ3n) is 9.18. The number of benzene rings is 7. The van der Waals surface area contributed by atoms with Crippen molar-refractivity contribution in [1.82, 2.24) is 9.13 Å². The van der Waals surface area contributed by atoms with E-state index in [9.17, 15) is 5.26 Å². The molecule has 2 aromatic heterocycles. The molecule has 3 nitrogen and oxygen atoms in total. The van der Waals surface area contributed by atoms with E-state index in [1.54, 1.807) is 0 Å². The normalized spacial score (nSPS) is 11.5. The molecule has 2 heterocycles. The summed E-state index contributed by atoms with van der Waals surface area (Å²) < 4.78 is 4.61. The van der Waals surface area contributed by atoms with Crippen molar-refractivity contribution in [3.05, 3.63) is 169 Å². The Morgan fingerprint density at radius 2 is 0.913 bits per heavy atom. The van der Waals surface area contributed by atoms with Crippen molar-refractivity contribution in [2.75, 3.05) is 0 Å². The Morgan fingerprint density at radius 1 is 0.391 bits per heavy atom. The van der Waals surface area contributed by atoms with E-state index in [2.05, 4.69) is 167 Å². The molecule has 0 atom stereocenters. The van der Waals surface area contributed by atoms with Gasteiger partial charge in [-0.15, -0.1) is 0 Å². The average molecular weight is 586 g/mol. The molecule has 3 heteroatoms. The predicted octanol–water partition coefficient (Wildman–Crippen LogP) is 11.1. The molecule has 214 valence electrons. The Labute approximate surface area is 266 Å². The maximum absolute atomic E-state index is 10.5. The molecule has 7 aromatic carbocycles. The Bertz CT molecular complexity index is 2600. The fourth-order valence-electron chi connectivity index (χ4n) is 7.22. The Kier molecular flexibility index (Phi) is 5.88. The highest BCUT2D eigenvalue weighted by Gasteiger charge is 2.21. The molecule has 0 radical (unpaired) electrons. The predicted molar refractivity (Wildman–Crippen MR) is 191 cm³/mol. The number of hydrogen-bond donors (Lipinski definition) is 0. The fraction of sp³-hybridized carbons (Fsp3) is 0. The van der Waals surface area contributed by atoms with Gasteiger partial charge in [0.25, 0.3) is 0 Å². The average Bonchev–Trinajstić information content (AvgIpc) is 3.64. The first-order chi connectivity index (χ1) is 22.8. The van der Waals surface area contributed by atoms with E-state index in [4.69, 9.17) is 0 Å². The zero-order valence-corrected chi connectivity index (χ0v) is 24.9. The summed E-state index contributed by atoms with van der Waals surface area (Å²) >= 11 is 0. The minimum atomic E-state index is 0.639. The summed E-state index contributed by atoms with van der Waals surface area (Å²) in [6.07, 6.45) is 0. The monoisotopic (exact) mass is 585 g/mol. The summed E-state index contributed by atoms with van der Waals surface area (Å²) in [7, 11) is 0. The molecule has 0 aliphatic rings. The number of nitriles is 1. The van der Waals surface area contributed by atoms with Crippen LogP contribution in [-0.2, 0) is 0 Å². The quantitative estimate of drug-likeness (QED) is 0.202. The van der Waals surface area contributed by atoms with Crippen LogP contribution in [0.5, 0.6) is 0 Å². The van der Waals surface area contributed by atoms with Crippen molar-refractivity contribution in [1.29, 1.82) is 5.26 Å². The van der Waals surface area contributed by atoms with Crippen molar-refractivity contribution in [2.24, 2.45) is 0 Å². The highest BCUT2D eigenvalue weighted by molar-refractivity contribution is 6.12. The first-order valence-electron chi connectivity index (χ1n) is 15.5. The first kappa shape index (κ1) is 26.1. The van der Waals surface area contributed by atoms with E-state index in [1.165, 1.54) is 32.6 Å². The minimum Gasteiger partial charge on any atom is -0.309 e. The highest BCUT2D eigenvalue weighted by atomic mass is 15.0. The zero-order valence-electron chi connectivity index (χ0n) is 24.9. The van der Waals surface area contributed by atoms with E-state index in [0.717, 1.165) is 44.7 Å². The molecule has 46 heavy (non-hydrogen) atoms. The smallest absolute Gasteiger partial charge is 0.101 e. The standard InChI is InChI=1S/C43H27N3/c44-28-30-13-12-21-37(43(30)46-40-23-10-6-18-34(40)35-19-7-11-24-41(35)46)33-17-5-4-16-32(33)29-25-26-42-38(27-29)36-20-8-9-22-39(36)45(42)31-14-2-1-3-15-31/h1-27H. The van der Waals surface area contributed by atoms with E-state index in [-0.39, 0.29) is 0 Å². The van der Waals surface area contributed by atoms with Gasteiger partial charge in [-0.25, -0.2) is 0 Å². The number of rotatable bonds is 4. The highest BCUT2D eigenvalue weighted by Crippen LogP contribution is 2.42. The van der Waals surface area contributed by atoms with Crippen molar-refractivity contribution in [3.63, 3.8) is 0 Å². The van der Waals surface area contributed by atoms with Gasteiger partial charge in [-0.3, -0.25) is 0 Å². The van der Waals surface area contributed by atoms with Crippen LogP contribution in [0.2, 0.25) is 0 Å². The van der Waals surface area contributed by atoms with Crippen LogP contribution in [-0.4, -0.2) is 9.13 Å². The van der Waals surface area contributed by atoms with E-state index < -0.39 is 0 Å². The van der Waals surface area contributed by atoms with Crippen LogP contribution in [0, 0.1) is 11.3 Å². The lowest BCUT2D eigenvalue weighted by Crippen LogP contribution is -2.01. The molecule has 0 amide bonds. The lowest BCUT2D eigenvalue weighted by molar-refractivity contribution is 1.17. The van der Waals surface area contributed by atoms with Crippen LogP contribution >= 0.6 is 0 Å². The topological polar surface area (TPSA) is 33.6 Å². The maximum Gasteiger partial charge on any atom is 0.101 e. The van der Waals surface area contributed by atoms with Gasteiger partial charge in [0, 0.05) is 32.8 Å². The van der Waals surface area contributed by atoms with Crippen LogP contribution in [0.3, 0.4) is 0 Å². The lowest BCUT2D eigenvalue weighted by Gasteiger charge is -2.18. The first-order valence-corrected chi connectivity index (χ1v) is 15.5. The van der Waals surface area contributed by atoms with Gasteiger partial charge in [-0.1, -0.05) is 115 Å². The van der Waals surface area contributed by atoms with Crippen LogP contribution in [0.4, 0.5) is 0 Å². The van der Waals surface area contributed by atoms with Crippen LogP contribution in [0.25, 0.3) is 77.2 Å². The van der Waals surface area contributed by atoms with Crippen molar-refractivity contribution in [3.8, 4) is 39.7 Å². The van der Waals surface area contributed by atoms with Gasteiger partial charge in [0.15, 0.2) is 0 Å². The summed E-state index contributed by atoms with van der Waals surface area (Å²) in [6.45, 7) is 0. The minimum absolute atomic E-state index is 0.639. The molecular formula is C43H27N3. The number of hydrogen-bond acceptors (Lipinski definition) is 1. The van der Waals surface area contributed by atoms with E-state index in [1.807, 2.05) is 12.1 Å². The van der Waals surface area contributed by atoms with E-state index in [0.29, 0.717) is 5.56 Å². The van der Waals surface area contributed by atoms with Crippen LogP contribution < -0.4 is 0 Å². The molecule has 0 unspecified atom stereocenters. The SMILES string of the molecule is N#Cc1cccc(-c2ccccc2-c2ccc3c(c2)c2ccccc2n3-c2ccccc2)c1-n1c2ccccc2c2ccccc21. The molecule has 0 spiro atoms. The largest absolute Gasteiger partial charge is 0.309 e. The second-order valence-electron chi connectivity index (χ2n) is 11.6. The van der Waals surface area contributed by atoms with Gasteiger partial charge in [0.05, 0.1) is 33.3 Å². The number of para-hydroxylation sites is 5. The summed E-state index contributed by atoms with van der Waals surface area (Å²) in [5.74, 6) is 0. The van der Waals surface area contributed by atoms with Crippen molar-refractivity contribution in [2.45, 2.75) is 0 Å². The second-order valence-corrected chi connectivity index (χ2v) is 11.6. The van der Waals surface area contributed by atoms with Crippen molar-refractivity contribution < 1.29 is 0 Å². The number of fused-ring (bicyclic) bond motifs is 6. The number of aromatic nitrogens is 2. The van der Waals surface area contributed by atoms with Crippen LogP contribution in [0.1, 0.15) is 5.56 Å². The third-order valence-corrected chi connectivity index (χ3v) is 9.18. The second kappa shape index (κ2) is 10.4. The Hall–Kier alpha value is -6.37. The maximum atomic E-state index is 10.5. The lowest BCUT2D eigenvalue weighted by atomic mass is 9.91. The summed E-state index contributed by atoms with van der Waals surface area (Å²) in [4.78, 5) is 0. The van der Waals surface area contributed by atoms with E-state index >= 15 is 0 Å².